The highest BCUT2D eigenvalue weighted by Gasteiger charge is 2.57. The number of anilines is 4. The number of nitrogens with one attached hydrogen (secondary N) is 3. The molecule has 12 nitrogen and oxygen atoms in total. The van der Waals surface area contributed by atoms with E-state index in [0.717, 1.165) is 85.6 Å². The van der Waals surface area contributed by atoms with Gasteiger partial charge in [-0.05, 0) is 117 Å². The Morgan fingerprint density at radius 2 is 1.55 bits per heavy atom. The summed E-state index contributed by atoms with van der Waals surface area (Å²) in [5.41, 5.74) is 4.45. The summed E-state index contributed by atoms with van der Waals surface area (Å²) in [4.78, 5) is 53.1. The molecule has 2 aromatic heterocycles. The Bertz CT molecular complexity index is 2290. The number of hydrogen-bond acceptors (Lipinski definition) is 9. The van der Waals surface area contributed by atoms with Gasteiger partial charge in [-0.15, -0.1) is 0 Å². The van der Waals surface area contributed by atoms with E-state index in [1.54, 1.807) is 30.0 Å². The van der Waals surface area contributed by atoms with Crippen LogP contribution >= 0.6 is 0 Å². The fraction of sp³-hybridized carbons (Fsp3) is 0.596. The molecule has 4 bridgehead atoms. The van der Waals surface area contributed by atoms with E-state index in [2.05, 4.69) is 42.9 Å². The number of benzene rings is 2. The van der Waals surface area contributed by atoms with Crippen LogP contribution in [0.4, 0.5) is 23.0 Å². The molecule has 64 heavy (non-hydrogen) atoms. The number of nitrogens with zero attached hydrogens (tertiary/aromatic N) is 5. The van der Waals surface area contributed by atoms with Gasteiger partial charge in [-0.2, -0.15) is 4.98 Å². The average molecular weight is 873 g/mol. The lowest BCUT2D eigenvalue weighted by Gasteiger charge is -2.36. The Labute approximate surface area is 380 Å². The molecule has 3 heterocycles. The molecule has 2 amide bonds. The summed E-state index contributed by atoms with van der Waals surface area (Å²) in [6.45, 7) is 11.6. The number of piperazine rings is 1. The van der Waals surface area contributed by atoms with Crippen LogP contribution in [0.2, 0.25) is 0 Å². The Balaban J connectivity index is 0.720. The first-order valence-corrected chi connectivity index (χ1v) is 24.6. The Morgan fingerprint density at radius 1 is 0.844 bits per heavy atom. The van der Waals surface area contributed by atoms with Gasteiger partial charge in [0, 0.05) is 80.2 Å². The zero-order valence-corrected chi connectivity index (χ0v) is 38.9. The predicted octanol–water partition coefficient (Wildman–Crippen LogP) is 9.79. The maximum Gasteiger partial charge on any atom is 0.257 e. The van der Waals surface area contributed by atoms with Crippen LogP contribution in [0, 0.1) is 36.0 Å². The van der Waals surface area contributed by atoms with Crippen molar-refractivity contribution >= 4 is 45.9 Å². The highest BCUT2D eigenvalue weighted by molar-refractivity contribution is 5.92. The van der Waals surface area contributed by atoms with Crippen molar-refractivity contribution in [1.82, 2.24) is 24.8 Å². The van der Waals surface area contributed by atoms with Crippen LogP contribution < -0.4 is 31.1 Å². The zero-order chi connectivity index (χ0) is 44.6. The van der Waals surface area contributed by atoms with Gasteiger partial charge in [-0.25, -0.2) is 4.98 Å². The molecule has 4 saturated carbocycles. The SMILES string of the molecule is COc1cc(N2CCN(CCCCCCCCCCCCNC(=O)CC34CC5CC(CC3C5)C4)CC2)ccc1Nc1ncc2c(C)cc(=O)n(-c3cccc(NC(=O)C(C)C)c3)c2n1. The number of aromatic nitrogens is 3. The standard InChI is InChI=1S/C52H72N8O4/c1-36(2)50(63)55-41-16-15-17-43(30-41)60-48(62)26-37(3)44-35-54-51(57-49(44)60)56-45-19-18-42(31-46(45)64-4)59-24-22-58(23-25-59)21-14-12-10-8-6-5-7-9-11-13-20-53-47(61)34-52-32-38-27-39(33-52)29-40(52)28-38/h15-19,26,30-31,35-36,38-40H,5-14,20-25,27-29,32-34H2,1-4H3,(H,53,61)(H,55,63)(H,54,56,57). The number of rotatable bonds is 22. The van der Waals surface area contributed by atoms with Gasteiger partial charge in [0.2, 0.25) is 17.8 Å². The van der Waals surface area contributed by atoms with Crippen molar-refractivity contribution in [3.63, 3.8) is 0 Å². The van der Waals surface area contributed by atoms with Crippen molar-refractivity contribution in [2.45, 2.75) is 124 Å². The lowest BCUT2D eigenvalue weighted by Crippen LogP contribution is -2.46. The largest absolute Gasteiger partial charge is 0.494 e. The van der Waals surface area contributed by atoms with Crippen LogP contribution in [0.15, 0.2) is 59.5 Å². The summed E-state index contributed by atoms with van der Waals surface area (Å²) in [5.74, 6) is 3.78. The Morgan fingerprint density at radius 3 is 2.25 bits per heavy atom. The molecule has 5 aliphatic rings. The lowest BCUT2D eigenvalue weighted by molar-refractivity contribution is -0.124. The number of aryl methyl sites for hydroxylation is 1. The van der Waals surface area contributed by atoms with Crippen LogP contribution in [-0.4, -0.2) is 77.6 Å². The number of unbranched alkanes of at least 4 members (excludes halogenated alkanes) is 9. The minimum Gasteiger partial charge on any atom is -0.494 e. The second kappa shape index (κ2) is 20.9. The monoisotopic (exact) mass is 873 g/mol. The number of amides is 2. The highest BCUT2D eigenvalue weighted by atomic mass is 16.5. The maximum absolute atomic E-state index is 13.4. The van der Waals surface area contributed by atoms with Crippen molar-refractivity contribution in [3.05, 3.63) is 70.6 Å². The van der Waals surface area contributed by atoms with Gasteiger partial charge in [0.25, 0.3) is 5.56 Å². The molecule has 12 heteroatoms. The molecule has 3 N–H and O–H groups in total. The minimum atomic E-state index is -0.224. The first-order valence-electron chi connectivity index (χ1n) is 24.6. The van der Waals surface area contributed by atoms with Gasteiger partial charge in [-0.1, -0.05) is 71.3 Å². The lowest BCUT2D eigenvalue weighted by atomic mass is 9.73. The molecule has 4 aliphatic carbocycles. The third kappa shape index (κ3) is 10.9. The smallest absolute Gasteiger partial charge is 0.257 e. The van der Waals surface area contributed by atoms with Gasteiger partial charge >= 0.3 is 0 Å². The Hall–Kier alpha value is -4.97. The molecule has 2 unspecified atom stereocenters. The molecule has 5 fully saturated rings. The number of carbonyl (C=O) groups is 2. The van der Waals surface area contributed by atoms with E-state index in [4.69, 9.17) is 9.72 Å². The second-order valence-electron chi connectivity index (χ2n) is 19.9. The van der Waals surface area contributed by atoms with E-state index in [-0.39, 0.29) is 17.4 Å². The van der Waals surface area contributed by atoms with Gasteiger partial charge in [0.1, 0.15) is 5.75 Å². The van der Waals surface area contributed by atoms with Crippen LogP contribution in [0.1, 0.15) is 122 Å². The summed E-state index contributed by atoms with van der Waals surface area (Å²) in [5, 5.41) is 10.3. The van der Waals surface area contributed by atoms with Crippen molar-refractivity contribution in [2.75, 3.05) is 61.9 Å². The van der Waals surface area contributed by atoms with Crippen molar-refractivity contribution in [2.24, 2.45) is 29.1 Å². The quantitative estimate of drug-likeness (QED) is 0.0661. The molecular weight excluding hydrogens is 801 g/mol. The number of carbonyl (C=O) groups excluding carboxylic acids is 2. The minimum absolute atomic E-state index is 0.0969. The van der Waals surface area contributed by atoms with E-state index in [1.807, 2.05) is 45.0 Å². The van der Waals surface area contributed by atoms with E-state index in [1.165, 1.54) is 96.4 Å². The predicted molar refractivity (Wildman–Crippen MR) is 258 cm³/mol. The molecule has 344 valence electrons. The number of hydrogen-bond donors (Lipinski definition) is 3. The first-order chi connectivity index (χ1) is 31.1. The molecule has 1 aliphatic heterocycles. The van der Waals surface area contributed by atoms with Crippen molar-refractivity contribution in [3.8, 4) is 11.4 Å². The van der Waals surface area contributed by atoms with Crippen LogP contribution in [0.25, 0.3) is 16.7 Å². The molecular formula is C52H72N8O4. The summed E-state index contributed by atoms with van der Waals surface area (Å²) in [6.07, 6.45) is 22.3. The van der Waals surface area contributed by atoms with E-state index >= 15 is 0 Å². The molecule has 9 rings (SSSR count). The summed E-state index contributed by atoms with van der Waals surface area (Å²) in [7, 11) is 1.67. The highest BCUT2D eigenvalue weighted by Crippen LogP contribution is 2.66. The van der Waals surface area contributed by atoms with E-state index in [0.29, 0.717) is 40.0 Å². The van der Waals surface area contributed by atoms with Crippen LogP contribution in [-0.2, 0) is 9.59 Å². The van der Waals surface area contributed by atoms with Crippen LogP contribution in [0.5, 0.6) is 5.75 Å². The topological polar surface area (TPSA) is 134 Å². The van der Waals surface area contributed by atoms with Gasteiger partial charge in [0.15, 0.2) is 5.65 Å². The summed E-state index contributed by atoms with van der Waals surface area (Å²) >= 11 is 0. The van der Waals surface area contributed by atoms with E-state index in [9.17, 15) is 14.4 Å². The third-order valence-corrected chi connectivity index (χ3v) is 14.9. The zero-order valence-electron chi connectivity index (χ0n) is 38.9. The molecule has 2 aromatic carbocycles. The second-order valence-corrected chi connectivity index (χ2v) is 19.9. The van der Waals surface area contributed by atoms with Gasteiger partial charge in [-0.3, -0.25) is 23.9 Å². The van der Waals surface area contributed by atoms with E-state index < -0.39 is 0 Å². The summed E-state index contributed by atoms with van der Waals surface area (Å²) < 4.78 is 7.41. The van der Waals surface area contributed by atoms with Crippen molar-refractivity contribution in [1.29, 1.82) is 0 Å². The van der Waals surface area contributed by atoms with Gasteiger partial charge < -0.3 is 25.6 Å². The fourth-order valence-corrected chi connectivity index (χ4v) is 11.6. The molecule has 4 aromatic rings. The van der Waals surface area contributed by atoms with Crippen LogP contribution in [0.3, 0.4) is 0 Å². The molecule has 2 atom stereocenters. The number of fused-ring (bicyclic) bond motifs is 1. The van der Waals surface area contributed by atoms with Crippen molar-refractivity contribution < 1.29 is 14.3 Å². The number of pyridine rings is 1. The molecule has 1 saturated heterocycles. The summed E-state index contributed by atoms with van der Waals surface area (Å²) in [6, 6.07) is 15.0. The molecule has 0 spiro atoms. The molecule has 0 radical (unpaired) electrons. The average Bonchev–Trinajstić information content (AvgIpc) is 3.66. The fourth-order valence-electron chi connectivity index (χ4n) is 11.6. The number of ether oxygens (including phenoxy) is 1. The number of methoxy groups -OCH3 is 1. The maximum atomic E-state index is 13.4. The normalized spacial score (nSPS) is 21.5. The first kappa shape index (κ1) is 45.6. The Kier molecular flexibility index (Phi) is 14.9. The third-order valence-electron chi connectivity index (χ3n) is 14.9. The van der Waals surface area contributed by atoms with Gasteiger partial charge in [0.05, 0.1) is 18.5 Å².